The predicted molar refractivity (Wildman–Crippen MR) is 92.4 cm³/mol. The van der Waals surface area contributed by atoms with Crippen molar-refractivity contribution in [2.75, 3.05) is 5.33 Å². The molecule has 0 aliphatic heterocycles. The van der Waals surface area contributed by atoms with Gasteiger partial charge < -0.3 is 10.1 Å². The highest BCUT2D eigenvalue weighted by molar-refractivity contribution is 9.09. The van der Waals surface area contributed by atoms with Crippen LogP contribution in [0, 0.1) is 0 Å². The Morgan fingerprint density at radius 2 is 1.61 bits per heavy atom. The molecule has 0 aliphatic rings. The van der Waals surface area contributed by atoms with Gasteiger partial charge in [0, 0.05) is 0 Å². The normalized spacial score (nSPS) is 13.0. The third kappa shape index (κ3) is 4.42. The first-order valence-corrected chi connectivity index (χ1v) is 8.32. The minimum absolute atomic E-state index is 0.136. The molecule has 0 spiro atoms. The van der Waals surface area contributed by atoms with Gasteiger partial charge in [-0.15, -0.1) is 0 Å². The highest BCUT2D eigenvalue weighted by Gasteiger charge is 2.36. The number of alkyl carbamates (subject to hydrolysis) is 1. The summed E-state index contributed by atoms with van der Waals surface area (Å²) >= 11 is 3.17. The molecule has 0 saturated heterocycles. The summed E-state index contributed by atoms with van der Waals surface area (Å²) in [5, 5.41) is 2.83. The number of halogens is 1. The maximum Gasteiger partial charge on any atom is 0.408 e. The summed E-state index contributed by atoms with van der Waals surface area (Å²) in [6.07, 6.45) is -0.630. The van der Waals surface area contributed by atoms with Crippen LogP contribution in [0.4, 0.5) is 4.79 Å². The van der Waals surface area contributed by atoms with E-state index in [9.17, 15) is 9.59 Å². The maximum atomic E-state index is 12.3. The van der Waals surface area contributed by atoms with Crippen molar-refractivity contribution in [2.24, 2.45) is 0 Å². The Balaban J connectivity index is 2.09. The number of Topliss-reactive ketones (excluding diaryl/α,β-unsaturated/α-hetero) is 1. The van der Waals surface area contributed by atoms with Gasteiger partial charge in [-0.25, -0.2) is 4.79 Å². The molecule has 4 nitrogen and oxygen atoms in total. The first-order chi connectivity index (χ1) is 11.1. The standard InChI is InChI=1S/C18H18BrNO3/c1-18(16(21)12-19,15-10-6-3-7-11-15)20-17(22)23-13-14-8-4-2-5-9-14/h2-11H,12-13H2,1H3,(H,20,22). The number of hydrogen-bond donors (Lipinski definition) is 1. The SMILES string of the molecule is CC(NC(=O)OCc1ccccc1)(C(=O)CBr)c1ccccc1. The molecule has 2 aromatic carbocycles. The van der Waals surface area contributed by atoms with Crippen molar-refractivity contribution in [3.8, 4) is 0 Å². The summed E-state index contributed by atoms with van der Waals surface area (Å²) in [6, 6.07) is 18.5. The molecule has 1 N–H and O–H groups in total. The predicted octanol–water partition coefficient (Wildman–Crippen LogP) is 3.79. The van der Waals surface area contributed by atoms with Gasteiger partial charge in [-0.3, -0.25) is 4.79 Å². The average Bonchev–Trinajstić information content (AvgIpc) is 2.60. The van der Waals surface area contributed by atoms with Crippen molar-refractivity contribution in [1.29, 1.82) is 0 Å². The third-order valence-electron chi connectivity index (χ3n) is 3.60. The van der Waals surface area contributed by atoms with Crippen LogP contribution in [0.1, 0.15) is 18.1 Å². The van der Waals surface area contributed by atoms with E-state index in [2.05, 4.69) is 21.2 Å². The fourth-order valence-corrected chi connectivity index (χ4v) is 2.73. The monoisotopic (exact) mass is 375 g/mol. The van der Waals surface area contributed by atoms with Crippen LogP contribution >= 0.6 is 15.9 Å². The molecule has 0 radical (unpaired) electrons. The van der Waals surface area contributed by atoms with E-state index in [0.29, 0.717) is 5.56 Å². The van der Waals surface area contributed by atoms with E-state index in [0.717, 1.165) is 5.56 Å². The van der Waals surface area contributed by atoms with E-state index in [1.54, 1.807) is 19.1 Å². The van der Waals surface area contributed by atoms with Crippen molar-refractivity contribution < 1.29 is 14.3 Å². The summed E-state index contributed by atoms with van der Waals surface area (Å²) in [7, 11) is 0. The number of nitrogens with one attached hydrogen (secondary N) is 1. The largest absolute Gasteiger partial charge is 0.445 e. The van der Waals surface area contributed by atoms with Gasteiger partial charge in [0.25, 0.3) is 0 Å². The molecule has 0 heterocycles. The highest BCUT2D eigenvalue weighted by Crippen LogP contribution is 2.23. The van der Waals surface area contributed by atoms with Gasteiger partial charge >= 0.3 is 6.09 Å². The molecule has 5 heteroatoms. The van der Waals surface area contributed by atoms with Crippen LogP contribution in [0.25, 0.3) is 0 Å². The average molecular weight is 376 g/mol. The summed E-state index contributed by atoms with van der Waals surface area (Å²) < 4.78 is 5.22. The topological polar surface area (TPSA) is 55.4 Å². The second-order valence-corrected chi connectivity index (χ2v) is 5.80. The molecule has 1 amide bonds. The number of ketones is 1. The van der Waals surface area contributed by atoms with Gasteiger partial charge in [-0.05, 0) is 18.1 Å². The smallest absolute Gasteiger partial charge is 0.408 e. The molecule has 120 valence electrons. The highest BCUT2D eigenvalue weighted by atomic mass is 79.9. The number of hydrogen-bond acceptors (Lipinski definition) is 3. The minimum Gasteiger partial charge on any atom is -0.445 e. The molecule has 2 rings (SSSR count). The summed E-state index contributed by atoms with van der Waals surface area (Å²) in [5.41, 5.74) is 0.454. The van der Waals surface area contributed by atoms with Gasteiger partial charge in [-0.1, -0.05) is 76.6 Å². The van der Waals surface area contributed by atoms with Crippen molar-refractivity contribution in [3.05, 3.63) is 71.8 Å². The molecule has 0 saturated carbocycles. The number of carbonyl (C=O) groups is 2. The summed E-state index contributed by atoms with van der Waals surface area (Å²) in [6.45, 7) is 1.83. The number of benzene rings is 2. The zero-order valence-corrected chi connectivity index (χ0v) is 14.4. The van der Waals surface area contributed by atoms with Crippen LogP contribution in [-0.2, 0) is 21.7 Å². The Morgan fingerprint density at radius 3 is 2.17 bits per heavy atom. The van der Waals surface area contributed by atoms with Crippen molar-refractivity contribution in [3.63, 3.8) is 0 Å². The Bertz CT molecular complexity index is 660. The van der Waals surface area contributed by atoms with Crippen LogP contribution in [0.3, 0.4) is 0 Å². The molecule has 23 heavy (non-hydrogen) atoms. The Kier molecular flexibility index (Phi) is 5.93. The lowest BCUT2D eigenvalue weighted by molar-refractivity contribution is -0.122. The second-order valence-electron chi connectivity index (χ2n) is 5.23. The van der Waals surface area contributed by atoms with Crippen LogP contribution in [0.2, 0.25) is 0 Å². The number of carbonyl (C=O) groups excluding carboxylic acids is 2. The first kappa shape index (κ1) is 17.2. The lowest BCUT2D eigenvalue weighted by Crippen LogP contribution is -2.50. The third-order valence-corrected chi connectivity index (χ3v) is 4.10. The number of ether oxygens (including phenoxy) is 1. The summed E-state index contributed by atoms with van der Waals surface area (Å²) in [5.74, 6) is -0.152. The fraction of sp³-hybridized carbons (Fsp3) is 0.222. The van der Waals surface area contributed by atoms with E-state index in [4.69, 9.17) is 4.74 Å². The lowest BCUT2D eigenvalue weighted by Gasteiger charge is -2.29. The van der Waals surface area contributed by atoms with Crippen molar-refractivity contribution in [1.82, 2.24) is 5.32 Å². The lowest BCUT2D eigenvalue weighted by atomic mass is 9.88. The molecule has 1 atom stereocenters. The van der Waals surface area contributed by atoms with Crippen LogP contribution < -0.4 is 5.32 Å². The van der Waals surface area contributed by atoms with E-state index >= 15 is 0 Å². The van der Waals surface area contributed by atoms with Crippen molar-refractivity contribution >= 4 is 27.8 Å². The quantitative estimate of drug-likeness (QED) is 0.781. The van der Waals surface area contributed by atoms with E-state index in [-0.39, 0.29) is 17.7 Å². The van der Waals surface area contributed by atoms with Gasteiger partial charge in [-0.2, -0.15) is 0 Å². The first-order valence-electron chi connectivity index (χ1n) is 7.20. The fourth-order valence-electron chi connectivity index (χ4n) is 2.17. The molecule has 0 aliphatic carbocycles. The molecular weight excluding hydrogens is 358 g/mol. The Hall–Kier alpha value is -2.14. The van der Waals surface area contributed by atoms with E-state index in [1.807, 2.05) is 48.5 Å². The van der Waals surface area contributed by atoms with Gasteiger partial charge in [0.05, 0.1) is 5.33 Å². The van der Waals surface area contributed by atoms with E-state index in [1.165, 1.54) is 0 Å². The Labute approximate surface area is 144 Å². The molecular formula is C18H18BrNO3. The van der Waals surface area contributed by atoms with Crippen LogP contribution in [0.15, 0.2) is 60.7 Å². The maximum absolute atomic E-state index is 12.3. The zero-order valence-electron chi connectivity index (χ0n) is 12.8. The number of rotatable bonds is 6. The molecule has 2 aromatic rings. The van der Waals surface area contributed by atoms with Crippen LogP contribution in [-0.4, -0.2) is 17.2 Å². The van der Waals surface area contributed by atoms with E-state index < -0.39 is 11.6 Å². The molecule has 1 unspecified atom stereocenters. The zero-order chi connectivity index (χ0) is 16.7. The van der Waals surface area contributed by atoms with Crippen molar-refractivity contribution in [2.45, 2.75) is 19.1 Å². The molecule has 0 fully saturated rings. The Morgan fingerprint density at radius 1 is 1.04 bits per heavy atom. The second kappa shape index (κ2) is 7.92. The molecule has 0 aromatic heterocycles. The molecule has 0 bridgehead atoms. The van der Waals surface area contributed by atoms with Crippen LogP contribution in [0.5, 0.6) is 0 Å². The number of alkyl halides is 1. The van der Waals surface area contributed by atoms with Gasteiger partial charge in [0.1, 0.15) is 12.1 Å². The van der Waals surface area contributed by atoms with Gasteiger partial charge in [0.15, 0.2) is 5.78 Å². The number of amides is 1. The summed E-state index contributed by atoms with van der Waals surface area (Å²) in [4.78, 5) is 24.5. The minimum atomic E-state index is -1.14. The van der Waals surface area contributed by atoms with Gasteiger partial charge in [0.2, 0.25) is 0 Å².